The Morgan fingerprint density at radius 2 is 2.12 bits per heavy atom. The van der Waals surface area contributed by atoms with Crippen molar-refractivity contribution in [1.82, 2.24) is 5.32 Å². The Labute approximate surface area is 98.9 Å². The first kappa shape index (κ1) is 12.3. The third-order valence-electron chi connectivity index (χ3n) is 4.24. The number of nitrogens with one attached hydrogen (secondary N) is 1. The van der Waals surface area contributed by atoms with Crippen LogP contribution in [0.1, 0.15) is 39.5 Å². The van der Waals surface area contributed by atoms with Crippen LogP contribution in [0.5, 0.6) is 0 Å². The lowest BCUT2D eigenvalue weighted by Gasteiger charge is -2.46. The predicted octanol–water partition coefficient (Wildman–Crippen LogP) is 1.96. The lowest BCUT2D eigenvalue weighted by molar-refractivity contribution is -0.134. The molecular weight excluding hydrogens is 202 g/mol. The summed E-state index contributed by atoms with van der Waals surface area (Å²) in [7, 11) is 1.79. The van der Waals surface area contributed by atoms with E-state index >= 15 is 0 Å². The molecule has 3 heteroatoms. The molecule has 0 bridgehead atoms. The van der Waals surface area contributed by atoms with E-state index in [9.17, 15) is 0 Å². The largest absolute Gasteiger partial charge is 0.377 e. The van der Waals surface area contributed by atoms with Gasteiger partial charge >= 0.3 is 0 Å². The minimum atomic E-state index is 0.252. The highest BCUT2D eigenvalue weighted by Gasteiger charge is 2.43. The smallest absolute Gasteiger partial charge is 0.0986 e. The quantitative estimate of drug-likeness (QED) is 0.752. The normalized spacial score (nSPS) is 36.6. The van der Waals surface area contributed by atoms with Crippen LogP contribution in [0.3, 0.4) is 0 Å². The molecule has 0 aromatic carbocycles. The van der Waals surface area contributed by atoms with Gasteiger partial charge in [-0.25, -0.2) is 0 Å². The van der Waals surface area contributed by atoms with Gasteiger partial charge in [-0.15, -0.1) is 0 Å². The zero-order valence-corrected chi connectivity index (χ0v) is 10.7. The SMILES string of the molecule is CCOC1CC(NC(C)C2CCC2)C1OC. The average molecular weight is 227 g/mol. The maximum Gasteiger partial charge on any atom is 0.0986 e. The predicted molar refractivity (Wildman–Crippen MR) is 64.6 cm³/mol. The summed E-state index contributed by atoms with van der Waals surface area (Å²) in [5.41, 5.74) is 0. The Morgan fingerprint density at radius 3 is 2.62 bits per heavy atom. The lowest BCUT2D eigenvalue weighted by Crippen LogP contribution is -2.62. The molecule has 0 aromatic rings. The van der Waals surface area contributed by atoms with E-state index in [-0.39, 0.29) is 6.10 Å². The molecule has 4 unspecified atom stereocenters. The first-order valence-corrected chi connectivity index (χ1v) is 6.66. The van der Waals surface area contributed by atoms with E-state index in [1.165, 1.54) is 19.3 Å². The van der Waals surface area contributed by atoms with Gasteiger partial charge in [-0.3, -0.25) is 0 Å². The topological polar surface area (TPSA) is 30.5 Å². The Kier molecular flexibility index (Phi) is 4.22. The minimum Gasteiger partial charge on any atom is -0.377 e. The molecule has 4 atom stereocenters. The molecule has 3 nitrogen and oxygen atoms in total. The summed E-state index contributed by atoms with van der Waals surface area (Å²) >= 11 is 0. The van der Waals surface area contributed by atoms with E-state index in [0.717, 1.165) is 18.9 Å². The zero-order chi connectivity index (χ0) is 11.5. The van der Waals surface area contributed by atoms with Crippen molar-refractivity contribution >= 4 is 0 Å². The molecule has 0 radical (unpaired) electrons. The standard InChI is InChI=1S/C13H25NO2/c1-4-16-12-8-11(13(12)15-3)14-9(2)10-6-5-7-10/h9-14H,4-8H2,1-3H3. The molecule has 0 spiro atoms. The van der Waals surface area contributed by atoms with Crippen LogP contribution in [-0.4, -0.2) is 38.0 Å². The van der Waals surface area contributed by atoms with E-state index in [1.54, 1.807) is 7.11 Å². The summed E-state index contributed by atoms with van der Waals surface area (Å²) in [4.78, 5) is 0. The van der Waals surface area contributed by atoms with Crippen LogP contribution >= 0.6 is 0 Å². The first-order chi connectivity index (χ1) is 7.76. The monoisotopic (exact) mass is 227 g/mol. The van der Waals surface area contributed by atoms with Crippen molar-refractivity contribution in [2.45, 2.75) is 63.8 Å². The third kappa shape index (κ3) is 2.41. The maximum atomic E-state index is 5.63. The fraction of sp³-hybridized carbons (Fsp3) is 1.00. The second-order valence-corrected chi connectivity index (χ2v) is 5.18. The first-order valence-electron chi connectivity index (χ1n) is 6.66. The van der Waals surface area contributed by atoms with Crippen molar-refractivity contribution in [1.29, 1.82) is 0 Å². The summed E-state index contributed by atoms with van der Waals surface area (Å²) in [6.45, 7) is 5.14. The molecule has 2 fully saturated rings. The lowest BCUT2D eigenvalue weighted by atomic mass is 9.78. The highest BCUT2D eigenvalue weighted by atomic mass is 16.5. The minimum absolute atomic E-state index is 0.252. The number of rotatable bonds is 6. The van der Waals surface area contributed by atoms with Crippen LogP contribution in [0, 0.1) is 5.92 Å². The van der Waals surface area contributed by atoms with Gasteiger partial charge in [0.1, 0.15) is 0 Å². The van der Waals surface area contributed by atoms with Gasteiger partial charge in [0, 0.05) is 25.8 Å². The Bertz CT molecular complexity index is 218. The summed E-state index contributed by atoms with van der Waals surface area (Å²) < 4.78 is 11.1. The van der Waals surface area contributed by atoms with Crippen LogP contribution in [0.4, 0.5) is 0 Å². The average Bonchev–Trinajstić information content (AvgIpc) is 2.13. The van der Waals surface area contributed by atoms with Crippen molar-refractivity contribution in [2.75, 3.05) is 13.7 Å². The summed E-state index contributed by atoms with van der Waals surface area (Å²) in [5, 5.41) is 3.70. The van der Waals surface area contributed by atoms with Crippen molar-refractivity contribution in [3.8, 4) is 0 Å². The fourth-order valence-electron chi connectivity index (χ4n) is 2.85. The maximum absolute atomic E-state index is 5.63. The number of methoxy groups -OCH3 is 1. The molecule has 2 rings (SSSR count). The molecule has 0 amide bonds. The molecule has 2 saturated carbocycles. The van der Waals surface area contributed by atoms with Gasteiger partial charge < -0.3 is 14.8 Å². The highest BCUT2D eigenvalue weighted by Crippen LogP contribution is 2.32. The van der Waals surface area contributed by atoms with E-state index in [0.29, 0.717) is 18.2 Å². The van der Waals surface area contributed by atoms with Crippen molar-refractivity contribution in [2.24, 2.45) is 5.92 Å². The number of ether oxygens (including phenoxy) is 2. The number of hydrogen-bond acceptors (Lipinski definition) is 3. The van der Waals surface area contributed by atoms with Crippen LogP contribution in [-0.2, 0) is 9.47 Å². The van der Waals surface area contributed by atoms with Crippen molar-refractivity contribution in [3.63, 3.8) is 0 Å². The van der Waals surface area contributed by atoms with Gasteiger partial charge in [-0.05, 0) is 39.0 Å². The molecule has 1 N–H and O–H groups in total. The summed E-state index contributed by atoms with van der Waals surface area (Å²) in [6.07, 6.45) is 5.87. The Balaban J connectivity index is 1.73. The zero-order valence-electron chi connectivity index (χ0n) is 10.7. The summed E-state index contributed by atoms with van der Waals surface area (Å²) in [6, 6.07) is 1.14. The van der Waals surface area contributed by atoms with Gasteiger partial charge in [-0.2, -0.15) is 0 Å². The molecule has 0 heterocycles. The molecule has 0 saturated heterocycles. The van der Waals surface area contributed by atoms with E-state index in [4.69, 9.17) is 9.47 Å². The van der Waals surface area contributed by atoms with E-state index in [2.05, 4.69) is 12.2 Å². The van der Waals surface area contributed by atoms with Crippen LogP contribution in [0.25, 0.3) is 0 Å². The second kappa shape index (κ2) is 5.48. The van der Waals surface area contributed by atoms with Gasteiger partial charge in [0.05, 0.1) is 12.2 Å². The van der Waals surface area contributed by atoms with Gasteiger partial charge in [0.15, 0.2) is 0 Å². The molecule has 94 valence electrons. The molecule has 0 aliphatic heterocycles. The van der Waals surface area contributed by atoms with Gasteiger partial charge in [-0.1, -0.05) is 6.42 Å². The van der Waals surface area contributed by atoms with Crippen LogP contribution in [0.2, 0.25) is 0 Å². The number of hydrogen-bond donors (Lipinski definition) is 1. The Hall–Kier alpha value is -0.120. The van der Waals surface area contributed by atoms with Gasteiger partial charge in [0.25, 0.3) is 0 Å². The van der Waals surface area contributed by atoms with Crippen LogP contribution in [0.15, 0.2) is 0 Å². The van der Waals surface area contributed by atoms with Crippen molar-refractivity contribution < 1.29 is 9.47 Å². The summed E-state index contributed by atoms with van der Waals surface area (Å²) in [5.74, 6) is 0.892. The van der Waals surface area contributed by atoms with E-state index in [1.807, 2.05) is 6.92 Å². The van der Waals surface area contributed by atoms with E-state index < -0.39 is 0 Å². The van der Waals surface area contributed by atoms with Crippen molar-refractivity contribution in [3.05, 3.63) is 0 Å². The molecule has 16 heavy (non-hydrogen) atoms. The second-order valence-electron chi connectivity index (χ2n) is 5.18. The molecule has 2 aliphatic carbocycles. The fourth-order valence-corrected chi connectivity index (χ4v) is 2.85. The molecule has 0 aromatic heterocycles. The van der Waals surface area contributed by atoms with Crippen LogP contribution < -0.4 is 5.32 Å². The third-order valence-corrected chi connectivity index (χ3v) is 4.24. The Morgan fingerprint density at radius 1 is 1.38 bits per heavy atom. The molecule has 2 aliphatic rings. The van der Waals surface area contributed by atoms with Gasteiger partial charge in [0.2, 0.25) is 0 Å². The molecular formula is C13H25NO2. The highest BCUT2D eigenvalue weighted by molar-refractivity contribution is 4.99.